The van der Waals surface area contributed by atoms with Crippen LogP contribution in [0.25, 0.3) is 0 Å². The highest BCUT2D eigenvalue weighted by molar-refractivity contribution is 7.84. The monoisotopic (exact) mass is 322 g/mol. The normalized spacial score (nSPS) is 14.2. The first-order chi connectivity index (χ1) is 10.1. The van der Waals surface area contributed by atoms with Crippen molar-refractivity contribution in [2.75, 3.05) is 18.2 Å². The molecule has 108 valence electrons. The third-order valence-electron chi connectivity index (χ3n) is 2.83. The van der Waals surface area contributed by atoms with Crippen molar-refractivity contribution in [2.24, 2.45) is 4.99 Å². The predicted octanol–water partition coefficient (Wildman–Crippen LogP) is 2.71. The summed E-state index contributed by atoms with van der Waals surface area (Å²) in [4.78, 5) is 13.0. The lowest BCUT2D eigenvalue weighted by Crippen LogP contribution is -2.07. The highest BCUT2D eigenvalue weighted by Crippen LogP contribution is 2.36. The van der Waals surface area contributed by atoms with Crippen molar-refractivity contribution in [3.8, 4) is 5.75 Å². The molecule has 1 atom stereocenters. The number of rotatable bonds is 3. The molecule has 0 fully saturated rings. The number of nitrogens with one attached hydrogen (secondary N) is 1. The van der Waals surface area contributed by atoms with Crippen molar-refractivity contribution in [3.05, 3.63) is 29.5 Å². The Labute approximate surface area is 128 Å². The second-order valence-electron chi connectivity index (χ2n) is 4.22. The van der Waals surface area contributed by atoms with Crippen LogP contribution in [0, 0.1) is 0 Å². The molecule has 8 heteroatoms. The summed E-state index contributed by atoms with van der Waals surface area (Å²) in [6, 6.07) is 5.16. The Hall–Kier alpha value is -1.99. The second kappa shape index (κ2) is 5.79. The Morgan fingerprint density at radius 2 is 2.24 bits per heavy atom. The van der Waals surface area contributed by atoms with E-state index in [1.165, 1.54) is 6.33 Å². The fraction of sp³-hybridized carbons (Fsp3) is 0.154. The Morgan fingerprint density at radius 1 is 1.38 bits per heavy atom. The average Bonchev–Trinajstić information content (AvgIpc) is 2.49. The summed E-state index contributed by atoms with van der Waals surface area (Å²) in [5.41, 5.74) is 0.643. The molecule has 0 spiro atoms. The van der Waals surface area contributed by atoms with Gasteiger partial charge in [0.25, 0.3) is 0 Å². The Balaban J connectivity index is 1.94. The van der Waals surface area contributed by atoms with Crippen LogP contribution >= 0.6 is 11.6 Å². The van der Waals surface area contributed by atoms with Gasteiger partial charge in [0.15, 0.2) is 11.6 Å². The van der Waals surface area contributed by atoms with E-state index in [1.54, 1.807) is 30.7 Å². The van der Waals surface area contributed by atoms with E-state index in [4.69, 9.17) is 16.3 Å². The Kier molecular flexibility index (Phi) is 3.85. The molecule has 0 amide bonds. The van der Waals surface area contributed by atoms with E-state index in [0.717, 1.165) is 0 Å². The van der Waals surface area contributed by atoms with Crippen molar-refractivity contribution in [3.63, 3.8) is 0 Å². The molecule has 0 saturated heterocycles. The maximum Gasteiger partial charge on any atom is 0.207 e. The minimum absolute atomic E-state index is 0.372. The van der Waals surface area contributed by atoms with Crippen LogP contribution in [-0.4, -0.2) is 33.3 Å². The van der Waals surface area contributed by atoms with Gasteiger partial charge in [-0.1, -0.05) is 11.6 Å². The molecule has 0 aliphatic carbocycles. The number of hydrogen-bond donors (Lipinski definition) is 1. The van der Waals surface area contributed by atoms with Gasteiger partial charge in [-0.15, -0.1) is 0 Å². The molecule has 21 heavy (non-hydrogen) atoms. The zero-order chi connectivity index (χ0) is 14.8. The van der Waals surface area contributed by atoms with Gasteiger partial charge in [-0.3, -0.25) is 4.21 Å². The number of nitrogens with zero attached hydrogens (tertiary/aromatic N) is 3. The molecule has 1 aromatic carbocycles. The third kappa shape index (κ3) is 2.88. The molecule has 2 heterocycles. The van der Waals surface area contributed by atoms with Gasteiger partial charge >= 0.3 is 0 Å². The van der Waals surface area contributed by atoms with Gasteiger partial charge in [0.1, 0.15) is 12.9 Å². The van der Waals surface area contributed by atoms with Crippen molar-refractivity contribution < 1.29 is 8.95 Å². The van der Waals surface area contributed by atoms with Gasteiger partial charge in [-0.25, -0.2) is 15.0 Å². The van der Waals surface area contributed by atoms with Crippen molar-refractivity contribution in [1.82, 2.24) is 9.97 Å². The molecule has 0 bridgehead atoms. The molecule has 1 unspecified atom stereocenters. The van der Waals surface area contributed by atoms with E-state index >= 15 is 0 Å². The van der Waals surface area contributed by atoms with Crippen LogP contribution in [0.5, 0.6) is 5.75 Å². The lowest BCUT2D eigenvalue weighted by atomic mass is 10.3. The predicted molar refractivity (Wildman–Crippen MR) is 82.7 cm³/mol. The molecule has 6 nitrogen and oxygen atoms in total. The number of halogens is 1. The molecule has 3 rings (SSSR count). The van der Waals surface area contributed by atoms with Gasteiger partial charge in [-0.2, -0.15) is 0 Å². The first-order valence-corrected chi connectivity index (χ1v) is 7.99. The van der Waals surface area contributed by atoms with Gasteiger partial charge in [-0.05, 0) is 18.2 Å². The first-order valence-electron chi connectivity index (χ1n) is 6.05. The smallest absolute Gasteiger partial charge is 0.207 e. The number of aliphatic imine (C=N–C) groups is 1. The molecule has 2 aromatic rings. The van der Waals surface area contributed by atoms with E-state index in [2.05, 4.69) is 20.3 Å². The van der Waals surface area contributed by atoms with E-state index in [-0.39, 0.29) is 0 Å². The van der Waals surface area contributed by atoms with Crippen LogP contribution < -0.4 is 10.1 Å². The SMILES string of the molecule is CS(=O)c1ccc(Nc2ncnc3c2OCC=N3)c(Cl)c1. The number of ether oxygens (including phenoxy) is 1. The Bertz CT molecular complexity index is 751. The zero-order valence-corrected chi connectivity index (χ0v) is 12.6. The van der Waals surface area contributed by atoms with E-state index in [9.17, 15) is 4.21 Å². The van der Waals surface area contributed by atoms with Crippen molar-refractivity contribution in [1.29, 1.82) is 0 Å². The maximum absolute atomic E-state index is 11.4. The number of aromatic nitrogens is 2. The topological polar surface area (TPSA) is 76.5 Å². The average molecular weight is 323 g/mol. The Morgan fingerprint density at radius 3 is 3.00 bits per heavy atom. The lowest BCUT2D eigenvalue weighted by molar-refractivity contribution is 0.375. The van der Waals surface area contributed by atoms with Crippen LogP contribution in [0.3, 0.4) is 0 Å². The molecule has 1 aliphatic rings. The van der Waals surface area contributed by atoms with Gasteiger partial charge in [0.05, 0.1) is 10.7 Å². The quantitative estimate of drug-likeness (QED) is 0.940. The van der Waals surface area contributed by atoms with E-state index in [1.807, 2.05) is 0 Å². The summed E-state index contributed by atoms with van der Waals surface area (Å²) >= 11 is 6.20. The summed E-state index contributed by atoms with van der Waals surface area (Å²) in [5.74, 6) is 1.45. The minimum Gasteiger partial charge on any atom is -0.481 e. The van der Waals surface area contributed by atoms with Gasteiger partial charge < -0.3 is 10.1 Å². The van der Waals surface area contributed by atoms with Crippen LogP contribution in [0.1, 0.15) is 0 Å². The largest absolute Gasteiger partial charge is 0.481 e. The van der Waals surface area contributed by atoms with Crippen LogP contribution in [0.2, 0.25) is 5.02 Å². The standard InChI is InChI=1S/C13H11ClN4O2S/c1-21(19)8-2-3-10(9(14)6-8)18-13-11-12(16-7-17-13)15-4-5-20-11/h2-4,6-7H,5H2,1H3,(H,16,17,18). The molecule has 1 aromatic heterocycles. The number of fused-ring (bicyclic) bond motifs is 1. The van der Waals surface area contributed by atoms with Crippen LogP contribution in [-0.2, 0) is 10.8 Å². The molecule has 1 aliphatic heterocycles. The summed E-state index contributed by atoms with van der Waals surface area (Å²) < 4.78 is 16.9. The number of hydrogen-bond acceptors (Lipinski definition) is 6. The first kappa shape index (κ1) is 14.0. The zero-order valence-electron chi connectivity index (χ0n) is 11.0. The molecular formula is C13H11ClN4O2S. The van der Waals surface area contributed by atoms with Crippen LogP contribution in [0.15, 0.2) is 34.4 Å². The van der Waals surface area contributed by atoms with E-state index in [0.29, 0.717) is 39.6 Å². The summed E-state index contributed by atoms with van der Waals surface area (Å²) in [5, 5.41) is 3.54. The summed E-state index contributed by atoms with van der Waals surface area (Å²) in [6.07, 6.45) is 4.64. The fourth-order valence-electron chi connectivity index (χ4n) is 1.83. The summed E-state index contributed by atoms with van der Waals surface area (Å²) in [7, 11) is -1.08. The lowest BCUT2D eigenvalue weighted by Gasteiger charge is -2.15. The molecule has 0 radical (unpaired) electrons. The van der Waals surface area contributed by atoms with Crippen molar-refractivity contribution in [2.45, 2.75) is 4.90 Å². The van der Waals surface area contributed by atoms with Gasteiger partial charge in [0.2, 0.25) is 5.75 Å². The molecular weight excluding hydrogens is 312 g/mol. The maximum atomic E-state index is 11.4. The highest BCUT2D eigenvalue weighted by Gasteiger charge is 2.16. The molecule has 1 N–H and O–H groups in total. The highest BCUT2D eigenvalue weighted by atomic mass is 35.5. The number of anilines is 2. The molecule has 0 saturated carbocycles. The third-order valence-corrected chi connectivity index (χ3v) is 4.06. The van der Waals surface area contributed by atoms with Gasteiger partial charge in [0, 0.05) is 28.2 Å². The fourth-order valence-corrected chi connectivity index (χ4v) is 2.66. The summed E-state index contributed by atoms with van der Waals surface area (Å²) in [6.45, 7) is 0.372. The van der Waals surface area contributed by atoms with E-state index < -0.39 is 10.8 Å². The second-order valence-corrected chi connectivity index (χ2v) is 6.01. The minimum atomic E-state index is -1.08. The van der Waals surface area contributed by atoms with Crippen molar-refractivity contribution >= 4 is 45.9 Å². The van der Waals surface area contributed by atoms with Crippen LogP contribution in [0.4, 0.5) is 17.3 Å². The number of benzene rings is 1.